The van der Waals surface area contributed by atoms with Crippen LogP contribution in [0.5, 0.6) is 5.75 Å². The third-order valence-corrected chi connectivity index (χ3v) is 2.84. The molecule has 0 aliphatic rings. The molecule has 2 nitrogen and oxygen atoms in total. The van der Waals surface area contributed by atoms with Crippen LogP contribution in [0.4, 0.5) is 0 Å². The van der Waals surface area contributed by atoms with Crippen molar-refractivity contribution in [1.82, 2.24) is 0 Å². The van der Waals surface area contributed by atoms with Crippen molar-refractivity contribution in [1.29, 1.82) is 0 Å². The maximum absolute atomic E-state index is 5.79. The van der Waals surface area contributed by atoms with Crippen LogP contribution >= 0.6 is 0 Å². The molecule has 0 saturated carbocycles. The van der Waals surface area contributed by atoms with E-state index in [1.165, 1.54) is 5.56 Å². The van der Waals surface area contributed by atoms with E-state index in [9.17, 15) is 0 Å². The summed E-state index contributed by atoms with van der Waals surface area (Å²) in [7, 11) is 0. The maximum atomic E-state index is 5.79. The third-order valence-electron chi connectivity index (χ3n) is 2.84. The fraction of sp³-hybridized carbons (Fsp3) is 0.571. The van der Waals surface area contributed by atoms with E-state index >= 15 is 0 Å². The van der Waals surface area contributed by atoms with Crippen LogP contribution in [0.3, 0.4) is 0 Å². The first-order valence-electron chi connectivity index (χ1n) is 6.11. The Balaban J connectivity index is 2.69. The SMILES string of the molecule is CCCOc1ccc(C(CN)C(C)C)cc1. The van der Waals surface area contributed by atoms with Gasteiger partial charge in [-0.05, 0) is 42.5 Å². The van der Waals surface area contributed by atoms with E-state index in [-0.39, 0.29) is 0 Å². The standard InChI is InChI=1S/C14H23NO/c1-4-9-16-13-7-5-12(6-8-13)14(10-15)11(2)3/h5-8,11,14H,4,9-10,15H2,1-3H3. The van der Waals surface area contributed by atoms with Gasteiger partial charge in [0.2, 0.25) is 0 Å². The molecule has 1 unspecified atom stereocenters. The summed E-state index contributed by atoms with van der Waals surface area (Å²) in [5, 5.41) is 0. The summed E-state index contributed by atoms with van der Waals surface area (Å²) in [4.78, 5) is 0. The largest absolute Gasteiger partial charge is 0.494 e. The van der Waals surface area contributed by atoms with Gasteiger partial charge in [-0.3, -0.25) is 0 Å². The minimum Gasteiger partial charge on any atom is -0.494 e. The highest BCUT2D eigenvalue weighted by Crippen LogP contribution is 2.25. The first-order chi connectivity index (χ1) is 7.69. The predicted molar refractivity (Wildman–Crippen MR) is 68.9 cm³/mol. The lowest BCUT2D eigenvalue weighted by molar-refractivity contribution is 0.317. The normalized spacial score (nSPS) is 12.8. The van der Waals surface area contributed by atoms with Crippen molar-refractivity contribution in [3.05, 3.63) is 29.8 Å². The van der Waals surface area contributed by atoms with Crippen LogP contribution in [0, 0.1) is 5.92 Å². The van der Waals surface area contributed by atoms with E-state index in [1.54, 1.807) is 0 Å². The topological polar surface area (TPSA) is 35.2 Å². The first-order valence-corrected chi connectivity index (χ1v) is 6.11. The highest BCUT2D eigenvalue weighted by Gasteiger charge is 2.13. The Bertz CT molecular complexity index is 292. The highest BCUT2D eigenvalue weighted by molar-refractivity contribution is 5.29. The Labute approximate surface area is 98.8 Å². The average molecular weight is 221 g/mol. The molecular weight excluding hydrogens is 198 g/mol. The monoisotopic (exact) mass is 221 g/mol. The Morgan fingerprint density at radius 2 is 1.81 bits per heavy atom. The molecule has 1 aromatic carbocycles. The minimum absolute atomic E-state index is 0.445. The number of hydrogen-bond acceptors (Lipinski definition) is 2. The van der Waals surface area contributed by atoms with Crippen molar-refractivity contribution in [3.63, 3.8) is 0 Å². The molecular formula is C14H23NO. The van der Waals surface area contributed by atoms with Crippen LogP contribution in [0.1, 0.15) is 38.7 Å². The lowest BCUT2D eigenvalue weighted by atomic mass is 9.89. The van der Waals surface area contributed by atoms with E-state index in [0.717, 1.165) is 18.8 Å². The van der Waals surface area contributed by atoms with Gasteiger partial charge in [-0.2, -0.15) is 0 Å². The molecule has 1 rings (SSSR count). The molecule has 1 aromatic rings. The van der Waals surface area contributed by atoms with Gasteiger partial charge < -0.3 is 10.5 Å². The lowest BCUT2D eigenvalue weighted by Gasteiger charge is -2.19. The van der Waals surface area contributed by atoms with Gasteiger partial charge in [-0.15, -0.1) is 0 Å². The Hall–Kier alpha value is -1.02. The van der Waals surface area contributed by atoms with Gasteiger partial charge in [-0.25, -0.2) is 0 Å². The second kappa shape index (κ2) is 6.54. The summed E-state index contributed by atoms with van der Waals surface area (Å²) in [6, 6.07) is 8.33. The van der Waals surface area contributed by atoms with E-state index < -0.39 is 0 Å². The van der Waals surface area contributed by atoms with Crippen LogP contribution in [0.15, 0.2) is 24.3 Å². The first kappa shape index (κ1) is 13.0. The van der Waals surface area contributed by atoms with E-state index in [4.69, 9.17) is 10.5 Å². The second-order valence-electron chi connectivity index (χ2n) is 4.50. The van der Waals surface area contributed by atoms with Gasteiger partial charge in [0, 0.05) is 0 Å². The summed E-state index contributed by atoms with van der Waals surface area (Å²) in [5.41, 5.74) is 7.10. The molecule has 0 fully saturated rings. The van der Waals surface area contributed by atoms with Crippen LogP contribution in [-0.2, 0) is 0 Å². The van der Waals surface area contributed by atoms with E-state index in [1.807, 2.05) is 12.1 Å². The fourth-order valence-corrected chi connectivity index (χ4v) is 1.82. The van der Waals surface area contributed by atoms with E-state index in [2.05, 4.69) is 32.9 Å². The zero-order chi connectivity index (χ0) is 12.0. The summed E-state index contributed by atoms with van der Waals surface area (Å²) in [6.07, 6.45) is 1.04. The van der Waals surface area contributed by atoms with Gasteiger partial charge in [0.15, 0.2) is 0 Å². The number of nitrogens with two attached hydrogens (primary N) is 1. The molecule has 1 atom stereocenters. The van der Waals surface area contributed by atoms with Crippen molar-refractivity contribution in [2.75, 3.05) is 13.2 Å². The lowest BCUT2D eigenvalue weighted by Crippen LogP contribution is -2.17. The zero-order valence-corrected chi connectivity index (χ0v) is 10.6. The Morgan fingerprint density at radius 1 is 1.19 bits per heavy atom. The molecule has 90 valence electrons. The molecule has 0 aliphatic carbocycles. The van der Waals surface area contributed by atoms with Crippen LogP contribution < -0.4 is 10.5 Å². The maximum Gasteiger partial charge on any atom is 0.119 e. The summed E-state index contributed by atoms with van der Waals surface area (Å²) in [6.45, 7) is 8.01. The summed E-state index contributed by atoms with van der Waals surface area (Å²) < 4.78 is 5.55. The van der Waals surface area contributed by atoms with Crippen molar-refractivity contribution < 1.29 is 4.74 Å². The fourth-order valence-electron chi connectivity index (χ4n) is 1.82. The number of rotatable bonds is 6. The van der Waals surface area contributed by atoms with Crippen LogP contribution in [0.25, 0.3) is 0 Å². The number of hydrogen-bond donors (Lipinski definition) is 1. The number of benzene rings is 1. The Kier molecular flexibility index (Phi) is 5.33. The third kappa shape index (κ3) is 3.53. The molecule has 0 amide bonds. The minimum atomic E-state index is 0.445. The van der Waals surface area contributed by atoms with Crippen LogP contribution in [-0.4, -0.2) is 13.2 Å². The molecule has 0 radical (unpaired) electrons. The van der Waals surface area contributed by atoms with Gasteiger partial charge in [0.05, 0.1) is 6.61 Å². The van der Waals surface area contributed by atoms with E-state index in [0.29, 0.717) is 18.4 Å². The predicted octanol–water partition coefficient (Wildman–Crippen LogP) is 3.17. The molecule has 0 aromatic heterocycles. The van der Waals surface area contributed by atoms with Crippen molar-refractivity contribution in [2.45, 2.75) is 33.1 Å². The molecule has 0 bridgehead atoms. The van der Waals surface area contributed by atoms with Gasteiger partial charge in [0.25, 0.3) is 0 Å². The van der Waals surface area contributed by atoms with Crippen molar-refractivity contribution in [3.8, 4) is 5.75 Å². The van der Waals surface area contributed by atoms with Crippen molar-refractivity contribution >= 4 is 0 Å². The quantitative estimate of drug-likeness (QED) is 0.800. The zero-order valence-electron chi connectivity index (χ0n) is 10.6. The van der Waals surface area contributed by atoms with Gasteiger partial charge in [-0.1, -0.05) is 32.9 Å². The molecule has 0 saturated heterocycles. The van der Waals surface area contributed by atoms with Crippen molar-refractivity contribution in [2.24, 2.45) is 11.7 Å². The smallest absolute Gasteiger partial charge is 0.119 e. The van der Waals surface area contributed by atoms with Gasteiger partial charge in [0.1, 0.15) is 5.75 Å². The van der Waals surface area contributed by atoms with Gasteiger partial charge >= 0.3 is 0 Å². The molecule has 2 heteroatoms. The molecule has 0 aliphatic heterocycles. The summed E-state index contributed by atoms with van der Waals surface area (Å²) >= 11 is 0. The number of ether oxygens (including phenoxy) is 1. The average Bonchev–Trinajstić information content (AvgIpc) is 2.28. The molecule has 16 heavy (non-hydrogen) atoms. The highest BCUT2D eigenvalue weighted by atomic mass is 16.5. The second-order valence-corrected chi connectivity index (χ2v) is 4.50. The molecule has 0 heterocycles. The molecule has 2 N–H and O–H groups in total. The van der Waals surface area contributed by atoms with Crippen LogP contribution in [0.2, 0.25) is 0 Å². The molecule has 0 spiro atoms. The summed E-state index contributed by atoms with van der Waals surface area (Å²) in [5.74, 6) is 1.97. The Morgan fingerprint density at radius 3 is 2.25 bits per heavy atom.